The minimum absolute atomic E-state index is 0.288. The summed E-state index contributed by atoms with van der Waals surface area (Å²) < 4.78 is 29.6. The van der Waals surface area contributed by atoms with Gasteiger partial charge in [-0.3, -0.25) is 14.2 Å². The maximum absolute atomic E-state index is 11.0. The highest BCUT2D eigenvalue weighted by atomic mass is 32.2. The molecule has 0 rings (SSSR count). The molecule has 0 aliphatic heterocycles. The van der Waals surface area contributed by atoms with E-state index in [1.54, 1.807) is 6.92 Å². The molecule has 0 fully saturated rings. The number of nitrogens with two attached hydrogens (primary N) is 1. The van der Waals surface area contributed by atoms with Crippen LogP contribution in [0.25, 0.3) is 0 Å². The van der Waals surface area contributed by atoms with Crippen LogP contribution >= 0.6 is 0 Å². The lowest BCUT2D eigenvalue weighted by Crippen LogP contribution is -2.43. The van der Waals surface area contributed by atoms with E-state index >= 15 is 0 Å². The predicted molar refractivity (Wildman–Crippen MR) is 61.6 cm³/mol. The van der Waals surface area contributed by atoms with Crippen LogP contribution in [0.15, 0.2) is 0 Å². The molecular weight excluding hydrogens is 232 g/mol. The second-order valence-electron chi connectivity index (χ2n) is 3.75. The van der Waals surface area contributed by atoms with Crippen LogP contribution < -0.4 is 5.73 Å². The Kier molecular flexibility index (Phi) is 6.54. The van der Waals surface area contributed by atoms with E-state index in [4.69, 9.17) is 10.3 Å². The molecule has 0 aromatic rings. The maximum atomic E-state index is 11.0. The molecule has 7 heteroatoms. The van der Waals surface area contributed by atoms with E-state index in [-0.39, 0.29) is 12.2 Å². The zero-order chi connectivity index (χ0) is 12.8. The standard InChI is InChI=1S/C9H20N2O4S/c1-3-5-11(8(2)9(10)12)6-4-7-16(13,14)15/h8H,3-7H2,1-2H3,(H2,10,12)(H,13,14,15). The van der Waals surface area contributed by atoms with Gasteiger partial charge in [0.05, 0.1) is 11.8 Å². The first-order valence-corrected chi connectivity index (χ1v) is 6.87. The first-order chi connectivity index (χ1) is 7.28. The first-order valence-electron chi connectivity index (χ1n) is 5.26. The average Bonchev–Trinajstić information content (AvgIpc) is 2.13. The van der Waals surface area contributed by atoms with E-state index < -0.39 is 22.1 Å². The van der Waals surface area contributed by atoms with Gasteiger partial charge in [0.25, 0.3) is 10.1 Å². The van der Waals surface area contributed by atoms with Crippen LogP contribution in [0.3, 0.4) is 0 Å². The number of hydrogen-bond donors (Lipinski definition) is 2. The van der Waals surface area contributed by atoms with Gasteiger partial charge in [0.1, 0.15) is 0 Å². The Morgan fingerprint density at radius 2 is 2.00 bits per heavy atom. The van der Waals surface area contributed by atoms with Crippen LogP contribution in [0.5, 0.6) is 0 Å². The fraction of sp³-hybridized carbons (Fsp3) is 0.889. The summed E-state index contributed by atoms with van der Waals surface area (Å²) in [4.78, 5) is 12.8. The van der Waals surface area contributed by atoms with Gasteiger partial charge in [0.15, 0.2) is 0 Å². The number of carbonyl (C=O) groups is 1. The van der Waals surface area contributed by atoms with Crippen LogP contribution in [-0.4, -0.2) is 48.7 Å². The highest BCUT2D eigenvalue weighted by Crippen LogP contribution is 2.02. The summed E-state index contributed by atoms with van der Waals surface area (Å²) >= 11 is 0. The van der Waals surface area contributed by atoms with E-state index in [0.29, 0.717) is 13.1 Å². The smallest absolute Gasteiger partial charge is 0.264 e. The summed E-state index contributed by atoms with van der Waals surface area (Å²) in [6.07, 6.45) is 1.14. The summed E-state index contributed by atoms with van der Waals surface area (Å²) in [6, 6.07) is -0.415. The SMILES string of the molecule is CCCN(CCCS(=O)(=O)O)C(C)C(N)=O. The molecule has 1 atom stereocenters. The molecule has 0 aromatic heterocycles. The predicted octanol–water partition coefficient (Wildman–Crippen LogP) is -0.150. The molecule has 0 radical (unpaired) electrons. The van der Waals surface area contributed by atoms with Crippen LogP contribution in [-0.2, 0) is 14.9 Å². The fourth-order valence-corrected chi connectivity index (χ4v) is 1.91. The van der Waals surface area contributed by atoms with Crippen LogP contribution in [0.4, 0.5) is 0 Å². The van der Waals surface area contributed by atoms with Crippen LogP contribution in [0.2, 0.25) is 0 Å². The third-order valence-electron chi connectivity index (χ3n) is 2.32. The second kappa shape index (κ2) is 6.82. The molecule has 0 aromatic carbocycles. The van der Waals surface area contributed by atoms with E-state index in [1.165, 1.54) is 0 Å². The van der Waals surface area contributed by atoms with Crippen molar-refractivity contribution in [2.24, 2.45) is 5.73 Å². The van der Waals surface area contributed by atoms with Crippen molar-refractivity contribution in [3.8, 4) is 0 Å². The van der Waals surface area contributed by atoms with E-state index in [0.717, 1.165) is 6.42 Å². The number of primary amides is 1. The van der Waals surface area contributed by atoms with Crippen LogP contribution in [0.1, 0.15) is 26.7 Å². The zero-order valence-corrected chi connectivity index (χ0v) is 10.5. The molecule has 0 bridgehead atoms. The van der Waals surface area contributed by atoms with Crippen molar-refractivity contribution in [1.29, 1.82) is 0 Å². The highest BCUT2D eigenvalue weighted by Gasteiger charge is 2.18. The van der Waals surface area contributed by atoms with E-state index in [9.17, 15) is 13.2 Å². The third-order valence-corrected chi connectivity index (χ3v) is 3.12. The van der Waals surface area contributed by atoms with Gasteiger partial charge in [0.2, 0.25) is 5.91 Å². The lowest BCUT2D eigenvalue weighted by atomic mass is 10.2. The Labute approximate surface area is 96.5 Å². The quantitative estimate of drug-likeness (QED) is 0.585. The van der Waals surface area contributed by atoms with Gasteiger partial charge >= 0.3 is 0 Å². The van der Waals surface area contributed by atoms with Gasteiger partial charge in [-0.05, 0) is 32.9 Å². The van der Waals surface area contributed by atoms with Crippen molar-refractivity contribution in [2.75, 3.05) is 18.8 Å². The summed E-state index contributed by atoms with van der Waals surface area (Å²) in [5.74, 6) is -0.723. The molecule has 96 valence electrons. The third kappa shape index (κ3) is 6.76. The van der Waals surface area contributed by atoms with Crippen molar-refractivity contribution in [3.63, 3.8) is 0 Å². The number of hydrogen-bond acceptors (Lipinski definition) is 4. The second-order valence-corrected chi connectivity index (χ2v) is 5.33. The molecule has 3 N–H and O–H groups in total. The molecule has 6 nitrogen and oxygen atoms in total. The first kappa shape index (κ1) is 15.3. The van der Waals surface area contributed by atoms with Crippen molar-refractivity contribution in [3.05, 3.63) is 0 Å². The molecule has 0 spiro atoms. The van der Waals surface area contributed by atoms with Crippen molar-refractivity contribution in [1.82, 2.24) is 4.90 Å². The van der Waals surface area contributed by atoms with Gasteiger partial charge in [-0.25, -0.2) is 0 Å². The monoisotopic (exact) mass is 252 g/mol. The fourth-order valence-electron chi connectivity index (χ4n) is 1.42. The van der Waals surface area contributed by atoms with Gasteiger partial charge in [0, 0.05) is 0 Å². The highest BCUT2D eigenvalue weighted by molar-refractivity contribution is 7.85. The van der Waals surface area contributed by atoms with Crippen molar-refractivity contribution in [2.45, 2.75) is 32.7 Å². The Morgan fingerprint density at radius 3 is 2.38 bits per heavy atom. The lowest BCUT2D eigenvalue weighted by molar-refractivity contribution is -0.122. The van der Waals surface area contributed by atoms with Crippen LogP contribution in [0, 0.1) is 0 Å². The van der Waals surface area contributed by atoms with Crippen molar-refractivity contribution >= 4 is 16.0 Å². The molecule has 0 aliphatic rings. The Bertz CT molecular complexity index is 315. The Hall–Kier alpha value is -0.660. The Morgan fingerprint density at radius 1 is 1.44 bits per heavy atom. The number of amides is 1. The molecule has 16 heavy (non-hydrogen) atoms. The minimum Gasteiger partial charge on any atom is -0.368 e. The number of nitrogens with zero attached hydrogens (tertiary/aromatic N) is 1. The van der Waals surface area contributed by atoms with E-state index in [2.05, 4.69) is 0 Å². The van der Waals surface area contributed by atoms with Gasteiger partial charge in [-0.1, -0.05) is 6.92 Å². The normalized spacial score (nSPS) is 14.0. The molecule has 0 saturated heterocycles. The summed E-state index contributed by atoms with van der Waals surface area (Å²) in [5.41, 5.74) is 5.18. The van der Waals surface area contributed by atoms with E-state index in [1.807, 2.05) is 11.8 Å². The molecule has 0 aliphatic carbocycles. The maximum Gasteiger partial charge on any atom is 0.264 e. The molecule has 1 unspecified atom stereocenters. The summed E-state index contributed by atoms with van der Waals surface area (Å²) in [7, 11) is -3.92. The topological polar surface area (TPSA) is 101 Å². The largest absolute Gasteiger partial charge is 0.368 e. The molecule has 0 heterocycles. The van der Waals surface area contributed by atoms with Gasteiger partial charge in [-0.15, -0.1) is 0 Å². The van der Waals surface area contributed by atoms with Gasteiger partial charge < -0.3 is 5.73 Å². The van der Waals surface area contributed by atoms with Gasteiger partial charge in [-0.2, -0.15) is 8.42 Å². The zero-order valence-electron chi connectivity index (χ0n) is 9.72. The summed E-state index contributed by atoms with van der Waals surface area (Å²) in [6.45, 7) is 4.75. The summed E-state index contributed by atoms with van der Waals surface area (Å²) in [5, 5.41) is 0. The molecule has 1 amide bonds. The average molecular weight is 252 g/mol. The lowest BCUT2D eigenvalue weighted by Gasteiger charge is -2.26. The number of carbonyl (C=O) groups excluding carboxylic acids is 1. The molecule has 0 saturated carbocycles. The molecular formula is C9H20N2O4S. The van der Waals surface area contributed by atoms with Crippen molar-refractivity contribution < 1.29 is 17.8 Å². The Balaban J connectivity index is 4.19. The minimum atomic E-state index is -3.92. The number of rotatable bonds is 8.